The Morgan fingerprint density at radius 1 is 0.714 bits per heavy atom. The molecule has 0 atom stereocenters. The van der Waals surface area contributed by atoms with Crippen LogP contribution in [-0.2, 0) is 6.18 Å². The Labute approximate surface area is 152 Å². The summed E-state index contributed by atoms with van der Waals surface area (Å²) in [6.07, 6.45) is -9.06. The van der Waals surface area contributed by atoms with Crippen LogP contribution in [0.25, 0.3) is 0 Å². The molecule has 2 aromatic rings. The maximum atomic E-state index is 13.1. The highest BCUT2D eigenvalue weighted by molar-refractivity contribution is 6.50. The van der Waals surface area contributed by atoms with E-state index in [1.807, 2.05) is 0 Å². The van der Waals surface area contributed by atoms with Crippen LogP contribution in [-0.4, -0.2) is 20.2 Å². The molecule has 154 valence electrons. The third-order valence-corrected chi connectivity index (χ3v) is 3.56. The number of alkyl halides is 6. The molecule has 1 heterocycles. The number of hydrogen-bond acceptors (Lipinski definition) is 2. The molecule has 0 radical (unpaired) electrons. The van der Waals surface area contributed by atoms with Crippen LogP contribution in [0, 0.1) is 0 Å². The van der Waals surface area contributed by atoms with Gasteiger partial charge >= 0.3 is 19.7 Å². The lowest BCUT2D eigenvalue weighted by atomic mass is 10.2. The molecule has 0 aromatic heterocycles. The van der Waals surface area contributed by atoms with Gasteiger partial charge < -0.3 is 22.2 Å². The minimum Gasteiger partial charge on any atom is -0.418 e. The van der Waals surface area contributed by atoms with Crippen molar-refractivity contribution in [3.8, 4) is 0 Å². The van der Waals surface area contributed by atoms with Gasteiger partial charge in [0.05, 0.1) is 16.9 Å². The van der Waals surface area contributed by atoms with E-state index < -0.39 is 32.0 Å². The highest BCUT2D eigenvalue weighted by Gasteiger charge is 2.44. The Morgan fingerprint density at radius 2 is 1.18 bits per heavy atom. The molecule has 0 saturated heterocycles. The van der Waals surface area contributed by atoms with Crippen LogP contribution in [0.5, 0.6) is 0 Å². The summed E-state index contributed by atoms with van der Waals surface area (Å²) >= 11 is 0. The third-order valence-electron chi connectivity index (χ3n) is 3.56. The number of hydrogen-bond donors (Lipinski definition) is 0. The van der Waals surface area contributed by atoms with Gasteiger partial charge in [-0.05, 0) is 36.4 Å². The van der Waals surface area contributed by atoms with Gasteiger partial charge in [-0.15, -0.1) is 0 Å². The topological polar surface area (TPSA) is 6.48 Å². The minimum absolute atomic E-state index is 0.0279. The molecule has 2 nitrogen and oxygen atoms in total. The normalized spacial score (nSPS) is 14.5. The molecule has 0 saturated carbocycles. The second kappa shape index (κ2) is 7.43. The molecule has 0 spiro atoms. The summed E-state index contributed by atoms with van der Waals surface area (Å²) in [7, 11) is -6.00. The Bertz CT molecular complexity index is 792. The Balaban J connectivity index is 0.000000500. The van der Waals surface area contributed by atoms with Crippen LogP contribution >= 0.6 is 0 Å². The fourth-order valence-electron chi connectivity index (χ4n) is 2.48. The molecule has 3 rings (SSSR count). The van der Waals surface area contributed by atoms with Crippen molar-refractivity contribution in [3.05, 3.63) is 54.1 Å². The number of para-hydroxylation sites is 2. The second-order valence-electron chi connectivity index (χ2n) is 5.49. The largest absolute Gasteiger partial charge is 0.673 e. The lowest BCUT2D eigenvalue weighted by Crippen LogP contribution is -2.39. The van der Waals surface area contributed by atoms with E-state index in [0.29, 0.717) is 5.69 Å². The molecule has 0 unspecified atom stereocenters. The first-order valence-electron chi connectivity index (χ1n) is 7.43. The van der Waals surface area contributed by atoms with Gasteiger partial charge in [0, 0.05) is 5.69 Å². The average Bonchev–Trinajstić information content (AvgIpc) is 2.92. The minimum atomic E-state index is -6.00. The van der Waals surface area contributed by atoms with Gasteiger partial charge in [-0.1, -0.05) is 12.1 Å². The highest BCUT2D eigenvalue weighted by Crippen LogP contribution is 2.45. The third kappa shape index (κ3) is 5.46. The number of anilines is 3. The van der Waals surface area contributed by atoms with Crippen molar-refractivity contribution in [1.82, 2.24) is 0 Å². The molecule has 13 heteroatoms. The van der Waals surface area contributed by atoms with E-state index in [4.69, 9.17) is 0 Å². The van der Waals surface area contributed by atoms with Crippen LogP contribution in [0.2, 0.25) is 0 Å². The quantitative estimate of drug-likeness (QED) is 0.298. The summed E-state index contributed by atoms with van der Waals surface area (Å²) in [4.78, 5) is 1.57. The summed E-state index contributed by atoms with van der Waals surface area (Å²) in [6, 6.07) is 9.93. The summed E-state index contributed by atoms with van der Waals surface area (Å²) in [5, 5.41) is 0. The molecule has 0 N–H and O–H groups in total. The molecule has 0 amide bonds. The molecular formula is C15H10BF10N2-. The first-order chi connectivity index (χ1) is 12.7. The predicted octanol–water partition coefficient (Wildman–Crippen LogP) is 6.44. The van der Waals surface area contributed by atoms with Crippen LogP contribution in [0.4, 0.5) is 60.7 Å². The van der Waals surface area contributed by atoms with Crippen LogP contribution in [0.1, 0.15) is 5.56 Å². The first kappa shape index (κ1) is 21.7. The van der Waals surface area contributed by atoms with Crippen LogP contribution in [0.15, 0.2) is 48.5 Å². The Kier molecular flexibility index (Phi) is 5.76. The monoisotopic (exact) mass is 419 g/mol. The lowest BCUT2D eigenvalue weighted by Gasteiger charge is -2.23. The maximum Gasteiger partial charge on any atom is 0.673 e. The van der Waals surface area contributed by atoms with E-state index in [1.165, 1.54) is 35.2 Å². The summed E-state index contributed by atoms with van der Waals surface area (Å²) in [6.45, 7) is -0.506. The second-order valence-corrected chi connectivity index (χ2v) is 5.49. The van der Waals surface area contributed by atoms with Gasteiger partial charge in [-0.2, -0.15) is 26.3 Å². The number of fused-ring (bicyclic) bond motifs is 1. The van der Waals surface area contributed by atoms with E-state index >= 15 is 0 Å². The van der Waals surface area contributed by atoms with Crippen molar-refractivity contribution in [2.24, 2.45) is 0 Å². The zero-order valence-corrected chi connectivity index (χ0v) is 13.6. The van der Waals surface area contributed by atoms with Gasteiger partial charge in [-0.3, -0.25) is 4.90 Å². The first-order valence-corrected chi connectivity index (χ1v) is 7.43. The summed E-state index contributed by atoms with van der Waals surface area (Å²) in [5.74, 6) is 0. The molecule has 28 heavy (non-hydrogen) atoms. The lowest BCUT2D eigenvalue weighted by molar-refractivity contribution is -0.137. The number of benzene rings is 2. The molecule has 1 aliphatic heterocycles. The van der Waals surface area contributed by atoms with Gasteiger partial charge in [0.1, 0.15) is 6.67 Å². The molecule has 1 aliphatic rings. The van der Waals surface area contributed by atoms with Gasteiger partial charge in [-0.25, -0.2) is 0 Å². The van der Waals surface area contributed by atoms with E-state index in [2.05, 4.69) is 0 Å². The van der Waals surface area contributed by atoms with Crippen LogP contribution in [0.3, 0.4) is 0 Å². The van der Waals surface area contributed by atoms with Crippen molar-refractivity contribution in [2.75, 3.05) is 16.5 Å². The van der Waals surface area contributed by atoms with Gasteiger partial charge in [0.2, 0.25) is 0 Å². The maximum absolute atomic E-state index is 13.1. The van der Waals surface area contributed by atoms with E-state index in [9.17, 15) is 43.6 Å². The highest BCUT2D eigenvalue weighted by atomic mass is 19.5. The van der Waals surface area contributed by atoms with E-state index in [0.717, 1.165) is 12.1 Å². The number of halogens is 10. The molecule has 2 aromatic carbocycles. The fraction of sp³-hybridized carbons (Fsp3) is 0.200. The number of rotatable bonds is 1. The smallest absolute Gasteiger partial charge is 0.418 e. The average molecular weight is 419 g/mol. The molecule has 0 bridgehead atoms. The SMILES string of the molecule is FC(F)(F)c1ccc(N2CN(C(F)(F)F)c3ccccc32)cc1.F[B-](F)(F)F. The van der Waals surface area contributed by atoms with Gasteiger partial charge in [0.15, 0.2) is 0 Å². The molecular weight excluding hydrogens is 409 g/mol. The van der Waals surface area contributed by atoms with Crippen molar-refractivity contribution < 1.29 is 43.6 Å². The van der Waals surface area contributed by atoms with Crippen molar-refractivity contribution in [3.63, 3.8) is 0 Å². The van der Waals surface area contributed by atoms with Crippen molar-refractivity contribution in [2.45, 2.75) is 12.5 Å². The van der Waals surface area contributed by atoms with Crippen molar-refractivity contribution in [1.29, 1.82) is 0 Å². The van der Waals surface area contributed by atoms with Crippen LogP contribution < -0.4 is 9.80 Å². The fourth-order valence-corrected chi connectivity index (χ4v) is 2.48. The number of nitrogens with zero attached hydrogens (tertiary/aromatic N) is 2. The zero-order chi connectivity index (χ0) is 21.3. The molecule has 0 aliphatic carbocycles. The van der Waals surface area contributed by atoms with Gasteiger partial charge in [0.25, 0.3) is 0 Å². The molecule has 0 fully saturated rings. The van der Waals surface area contributed by atoms with E-state index in [-0.39, 0.29) is 16.3 Å². The summed E-state index contributed by atoms with van der Waals surface area (Å²) < 4.78 is 116. The Hall–Kier alpha value is -2.60. The van der Waals surface area contributed by atoms with Crippen molar-refractivity contribution >= 4 is 24.3 Å². The predicted molar refractivity (Wildman–Crippen MR) is 83.6 cm³/mol. The van der Waals surface area contributed by atoms with E-state index in [1.54, 1.807) is 6.07 Å². The Morgan fingerprint density at radius 3 is 1.61 bits per heavy atom. The summed E-state index contributed by atoms with van der Waals surface area (Å²) in [5.41, 5.74) is -0.317. The zero-order valence-electron chi connectivity index (χ0n) is 13.6. The standard InChI is InChI=1S/C15H10F6N2.BF4/c16-14(17,18)10-5-7-11(8-6-10)22-9-23(15(19,20)21)13-4-2-1-3-12(13)22;2-1(3,4)5/h1-8H,9H2;/q;-1.